The van der Waals surface area contributed by atoms with E-state index in [2.05, 4.69) is 13.2 Å². The fourth-order valence-electron chi connectivity index (χ4n) is 1.67. The quantitative estimate of drug-likeness (QED) is 0.666. The highest BCUT2D eigenvalue weighted by Crippen LogP contribution is 1.82. The molecule has 1 heterocycles. The average Bonchev–Trinajstić information content (AvgIpc) is 2.35. The highest BCUT2D eigenvalue weighted by Gasteiger charge is 2.12. The van der Waals surface area contributed by atoms with Gasteiger partial charge >= 0.3 is 17.1 Å². The Kier molecular flexibility index (Phi) is 4.65. The van der Waals surface area contributed by atoms with Crippen LogP contribution in [0.25, 0.3) is 0 Å². The summed E-state index contributed by atoms with van der Waals surface area (Å²) in [6.07, 6.45) is 3.53. The second-order valence-electron chi connectivity index (χ2n) is 3.80. The summed E-state index contributed by atoms with van der Waals surface area (Å²) in [5, 5.41) is 0. The molecule has 98 valence electrons. The first-order chi connectivity index (χ1) is 8.58. The van der Waals surface area contributed by atoms with Gasteiger partial charge in [-0.05, 0) is 6.42 Å². The normalized spacial score (nSPS) is 10.3. The van der Waals surface area contributed by atoms with Gasteiger partial charge in [0.25, 0.3) is 0 Å². The van der Waals surface area contributed by atoms with E-state index in [-0.39, 0.29) is 19.6 Å². The maximum atomic E-state index is 12.0. The van der Waals surface area contributed by atoms with Crippen molar-refractivity contribution in [3.05, 3.63) is 56.8 Å². The van der Waals surface area contributed by atoms with Gasteiger partial charge in [0, 0.05) is 6.54 Å². The number of hydrogen-bond donors (Lipinski definition) is 0. The number of aromatic nitrogens is 3. The Morgan fingerprint density at radius 3 is 1.61 bits per heavy atom. The lowest BCUT2D eigenvalue weighted by Gasteiger charge is -2.11. The van der Waals surface area contributed by atoms with Crippen molar-refractivity contribution in [3.63, 3.8) is 0 Å². The smallest absolute Gasteiger partial charge is 0.247 e. The van der Waals surface area contributed by atoms with E-state index in [4.69, 9.17) is 0 Å². The van der Waals surface area contributed by atoms with Gasteiger partial charge in [0.15, 0.2) is 0 Å². The average molecular weight is 251 g/mol. The zero-order chi connectivity index (χ0) is 13.7. The summed E-state index contributed by atoms with van der Waals surface area (Å²) in [5.74, 6) is 0. The van der Waals surface area contributed by atoms with E-state index in [0.29, 0.717) is 6.42 Å². The van der Waals surface area contributed by atoms with Crippen molar-refractivity contribution < 1.29 is 0 Å². The molecule has 6 heteroatoms. The molecule has 0 saturated heterocycles. The molecule has 0 atom stereocenters. The molecule has 0 bridgehead atoms. The predicted molar refractivity (Wildman–Crippen MR) is 69.9 cm³/mol. The monoisotopic (exact) mass is 251 g/mol. The van der Waals surface area contributed by atoms with E-state index in [9.17, 15) is 14.4 Å². The molecular formula is C12H17N3O3. The highest BCUT2D eigenvalue weighted by molar-refractivity contribution is 4.84. The zero-order valence-electron chi connectivity index (χ0n) is 10.5. The van der Waals surface area contributed by atoms with Gasteiger partial charge in [-0.15, -0.1) is 13.2 Å². The molecule has 1 aromatic rings. The van der Waals surface area contributed by atoms with Gasteiger partial charge in [-0.25, -0.2) is 28.1 Å². The van der Waals surface area contributed by atoms with Crippen LogP contribution in [0.2, 0.25) is 0 Å². The van der Waals surface area contributed by atoms with Crippen LogP contribution in [0, 0.1) is 0 Å². The van der Waals surface area contributed by atoms with E-state index in [0.717, 1.165) is 13.7 Å². The van der Waals surface area contributed by atoms with Crippen LogP contribution in [0.5, 0.6) is 0 Å². The van der Waals surface area contributed by atoms with Crippen molar-refractivity contribution in [3.8, 4) is 0 Å². The fraction of sp³-hybridized carbons (Fsp3) is 0.417. The lowest BCUT2D eigenvalue weighted by atomic mass is 10.5. The van der Waals surface area contributed by atoms with Crippen molar-refractivity contribution in [1.29, 1.82) is 0 Å². The molecule has 0 aliphatic heterocycles. The summed E-state index contributed by atoms with van der Waals surface area (Å²) < 4.78 is 3.05. The van der Waals surface area contributed by atoms with Gasteiger partial charge < -0.3 is 0 Å². The SMILES string of the molecule is C=CCn1c(=O)n(CC=C)c(=O)n(CCC)c1=O. The van der Waals surface area contributed by atoms with Gasteiger partial charge in [-0.1, -0.05) is 19.1 Å². The summed E-state index contributed by atoms with van der Waals surface area (Å²) in [4.78, 5) is 35.9. The number of rotatable bonds is 6. The van der Waals surface area contributed by atoms with Gasteiger partial charge in [0.1, 0.15) is 0 Å². The minimum atomic E-state index is -0.628. The molecule has 0 saturated carbocycles. The van der Waals surface area contributed by atoms with E-state index >= 15 is 0 Å². The Bertz CT molecular complexity index is 571. The lowest BCUT2D eigenvalue weighted by Crippen LogP contribution is -2.54. The van der Waals surface area contributed by atoms with Crippen LogP contribution in [0.1, 0.15) is 13.3 Å². The fourth-order valence-corrected chi connectivity index (χ4v) is 1.67. The van der Waals surface area contributed by atoms with Crippen LogP contribution in [0.4, 0.5) is 0 Å². The second-order valence-corrected chi connectivity index (χ2v) is 3.80. The van der Waals surface area contributed by atoms with E-state index in [1.54, 1.807) is 0 Å². The van der Waals surface area contributed by atoms with Crippen molar-refractivity contribution in [2.75, 3.05) is 0 Å². The maximum Gasteiger partial charge on any atom is 0.336 e. The van der Waals surface area contributed by atoms with Crippen LogP contribution < -0.4 is 17.1 Å². The molecule has 18 heavy (non-hydrogen) atoms. The summed E-state index contributed by atoms with van der Waals surface area (Å²) in [6, 6.07) is 0. The van der Waals surface area contributed by atoms with E-state index < -0.39 is 17.1 Å². The first kappa shape index (κ1) is 14.0. The lowest BCUT2D eigenvalue weighted by molar-refractivity contribution is 0.475. The molecule has 0 spiro atoms. The third kappa shape index (κ3) is 2.42. The Labute approximate surface area is 104 Å². The molecule has 0 radical (unpaired) electrons. The molecule has 0 aliphatic carbocycles. The minimum absolute atomic E-state index is 0.0821. The van der Waals surface area contributed by atoms with Crippen LogP contribution in [-0.2, 0) is 19.6 Å². The molecule has 1 aromatic heterocycles. The van der Waals surface area contributed by atoms with Gasteiger partial charge in [0.2, 0.25) is 0 Å². The predicted octanol–water partition coefficient (Wildman–Crippen LogP) is -0.0463. The number of hydrogen-bond acceptors (Lipinski definition) is 3. The van der Waals surface area contributed by atoms with Crippen LogP contribution in [-0.4, -0.2) is 13.7 Å². The maximum absolute atomic E-state index is 12.0. The van der Waals surface area contributed by atoms with Crippen molar-refractivity contribution >= 4 is 0 Å². The summed E-state index contributed by atoms with van der Waals surface area (Å²) in [7, 11) is 0. The second kappa shape index (κ2) is 6.00. The van der Waals surface area contributed by atoms with Crippen molar-refractivity contribution in [2.24, 2.45) is 0 Å². The van der Waals surface area contributed by atoms with Gasteiger partial charge in [0.05, 0.1) is 13.1 Å². The minimum Gasteiger partial charge on any atom is -0.247 e. The number of allylic oxidation sites excluding steroid dienone is 2. The molecule has 1 rings (SSSR count). The van der Waals surface area contributed by atoms with Crippen LogP contribution in [0.15, 0.2) is 39.7 Å². The van der Waals surface area contributed by atoms with Gasteiger partial charge in [-0.2, -0.15) is 0 Å². The third-order valence-corrected chi connectivity index (χ3v) is 2.46. The molecule has 0 aromatic carbocycles. The zero-order valence-corrected chi connectivity index (χ0v) is 10.5. The van der Waals surface area contributed by atoms with Gasteiger partial charge in [-0.3, -0.25) is 0 Å². The first-order valence-electron chi connectivity index (χ1n) is 5.74. The standard InChI is InChI=1S/C12H17N3O3/c1-4-7-13-10(16)14(8-5-2)12(18)15(9-6-3)11(13)17/h4-5H,1-2,6-9H2,3H3. The first-order valence-corrected chi connectivity index (χ1v) is 5.74. The number of nitrogens with zero attached hydrogens (tertiary/aromatic N) is 3. The molecule has 6 nitrogen and oxygen atoms in total. The molecule has 0 unspecified atom stereocenters. The molecule has 0 amide bonds. The molecule has 0 fully saturated rings. The van der Waals surface area contributed by atoms with Crippen LogP contribution in [0.3, 0.4) is 0 Å². The summed E-state index contributed by atoms with van der Waals surface area (Å²) in [6.45, 7) is 9.30. The van der Waals surface area contributed by atoms with Crippen molar-refractivity contribution in [1.82, 2.24) is 13.7 Å². The topological polar surface area (TPSA) is 66.0 Å². The van der Waals surface area contributed by atoms with Crippen molar-refractivity contribution in [2.45, 2.75) is 33.0 Å². The van der Waals surface area contributed by atoms with Crippen LogP contribution >= 0.6 is 0 Å². The Balaban J connectivity index is 3.69. The molecule has 0 N–H and O–H groups in total. The molecular weight excluding hydrogens is 234 g/mol. The van der Waals surface area contributed by atoms with E-state index in [1.807, 2.05) is 6.92 Å². The summed E-state index contributed by atoms with van der Waals surface area (Å²) in [5.41, 5.74) is -1.81. The largest absolute Gasteiger partial charge is 0.336 e. The Hall–Kier alpha value is -2.11. The highest BCUT2D eigenvalue weighted by atomic mass is 16.2. The molecule has 0 aliphatic rings. The summed E-state index contributed by atoms with van der Waals surface area (Å²) >= 11 is 0. The Morgan fingerprint density at radius 2 is 1.28 bits per heavy atom. The Morgan fingerprint density at radius 1 is 0.889 bits per heavy atom. The third-order valence-electron chi connectivity index (χ3n) is 2.46. The van der Waals surface area contributed by atoms with E-state index in [1.165, 1.54) is 12.2 Å².